The number of alkyl halides is 1. The van der Waals surface area contributed by atoms with Crippen LogP contribution < -0.4 is 0 Å². The fourth-order valence-electron chi connectivity index (χ4n) is 0.882. The van der Waals surface area contributed by atoms with Crippen LogP contribution in [0.2, 0.25) is 0 Å². The molecule has 84 valence electrons. The first-order chi connectivity index (χ1) is 6.77. The predicted octanol–water partition coefficient (Wildman–Crippen LogP) is 1.31. The molecule has 15 heavy (non-hydrogen) atoms. The van der Waals surface area contributed by atoms with Gasteiger partial charge in [-0.2, -0.15) is 0 Å². The average molecular weight is 273 g/mol. The number of rotatable bonds is 3. The maximum atomic E-state index is 12.1. The molecule has 0 saturated carbocycles. The van der Waals surface area contributed by atoms with Gasteiger partial charge in [-0.25, -0.2) is 21.2 Å². The van der Waals surface area contributed by atoms with Crippen LogP contribution in [-0.2, 0) is 18.9 Å². The van der Waals surface area contributed by atoms with Gasteiger partial charge < -0.3 is 0 Å². The summed E-state index contributed by atoms with van der Waals surface area (Å²) >= 11 is 0. The molecule has 0 aliphatic heterocycles. The molecule has 0 aliphatic rings. The molecule has 8 heteroatoms. The first-order valence-corrected chi connectivity index (χ1v) is 7.57. The summed E-state index contributed by atoms with van der Waals surface area (Å²) in [5.41, 5.74) is 0. The second-order valence-corrected chi connectivity index (χ2v) is 7.12. The molecule has 0 atom stereocenters. The van der Waals surface area contributed by atoms with Crippen molar-refractivity contribution in [3.05, 3.63) is 24.3 Å². The molecule has 0 aromatic heterocycles. The summed E-state index contributed by atoms with van der Waals surface area (Å²) in [5.74, 6) is 0. The molecular formula is C7H6ClFO4S2. The van der Waals surface area contributed by atoms with Crippen LogP contribution >= 0.6 is 10.7 Å². The van der Waals surface area contributed by atoms with Crippen LogP contribution in [0.5, 0.6) is 0 Å². The summed E-state index contributed by atoms with van der Waals surface area (Å²) in [6, 6.07) is 2.63. The van der Waals surface area contributed by atoms with Crippen molar-refractivity contribution in [3.63, 3.8) is 0 Å². The minimum absolute atomic E-state index is 0.376. The topological polar surface area (TPSA) is 68.3 Å². The van der Waals surface area contributed by atoms with E-state index in [4.69, 9.17) is 10.7 Å². The van der Waals surface area contributed by atoms with E-state index in [1.165, 1.54) is 6.07 Å². The van der Waals surface area contributed by atoms with E-state index < -0.39 is 29.8 Å². The highest BCUT2D eigenvalue weighted by molar-refractivity contribution is 8.13. The highest BCUT2D eigenvalue weighted by Gasteiger charge is 2.17. The molecular weight excluding hydrogens is 267 g/mol. The van der Waals surface area contributed by atoms with E-state index >= 15 is 0 Å². The number of benzene rings is 1. The van der Waals surface area contributed by atoms with Crippen LogP contribution in [0.15, 0.2) is 34.1 Å². The number of hydrogen-bond acceptors (Lipinski definition) is 4. The summed E-state index contributed by atoms with van der Waals surface area (Å²) in [6.45, 7) is 0. The fourth-order valence-corrected chi connectivity index (χ4v) is 2.47. The second kappa shape index (κ2) is 4.07. The maximum absolute atomic E-state index is 12.1. The highest BCUT2D eigenvalue weighted by atomic mass is 35.7. The van der Waals surface area contributed by atoms with Gasteiger partial charge in [0.05, 0.1) is 9.79 Å². The predicted molar refractivity (Wildman–Crippen MR) is 52.6 cm³/mol. The normalized spacial score (nSPS) is 12.7. The molecule has 1 aromatic carbocycles. The van der Waals surface area contributed by atoms with Gasteiger partial charge in [0.2, 0.25) is 9.84 Å². The summed E-state index contributed by atoms with van der Waals surface area (Å²) in [7, 11) is -3.07. The van der Waals surface area contributed by atoms with Crippen molar-refractivity contribution in [1.82, 2.24) is 0 Å². The zero-order chi connectivity index (χ0) is 11.7. The van der Waals surface area contributed by atoms with Gasteiger partial charge in [0.15, 0.2) is 6.01 Å². The van der Waals surface area contributed by atoms with Crippen molar-refractivity contribution in [2.75, 3.05) is 6.01 Å². The van der Waals surface area contributed by atoms with Crippen LogP contribution in [0.1, 0.15) is 0 Å². The first kappa shape index (κ1) is 12.4. The van der Waals surface area contributed by atoms with Gasteiger partial charge in [-0.15, -0.1) is 0 Å². The third-order valence-electron chi connectivity index (χ3n) is 1.59. The molecule has 1 rings (SSSR count). The lowest BCUT2D eigenvalue weighted by Gasteiger charge is -2.01. The third-order valence-corrected chi connectivity index (χ3v) is 4.20. The molecule has 0 fully saturated rings. The molecule has 0 heterocycles. The van der Waals surface area contributed by atoms with E-state index in [1.807, 2.05) is 0 Å². The van der Waals surface area contributed by atoms with Gasteiger partial charge in [-0.05, 0) is 18.2 Å². The molecule has 1 aromatic rings. The minimum Gasteiger partial charge on any atom is -0.233 e. The third kappa shape index (κ3) is 2.90. The van der Waals surface area contributed by atoms with Crippen molar-refractivity contribution in [1.29, 1.82) is 0 Å². The van der Waals surface area contributed by atoms with E-state index in [1.54, 1.807) is 0 Å². The molecule has 0 saturated heterocycles. The van der Waals surface area contributed by atoms with Gasteiger partial charge in [0.1, 0.15) is 0 Å². The Kier molecular flexibility index (Phi) is 3.37. The first-order valence-electron chi connectivity index (χ1n) is 3.61. The molecule has 4 nitrogen and oxygen atoms in total. The largest absolute Gasteiger partial charge is 0.261 e. The van der Waals surface area contributed by atoms with E-state index in [9.17, 15) is 21.2 Å². The summed E-state index contributed by atoms with van der Waals surface area (Å²) in [6.07, 6.45) is 0. The molecule has 0 unspecified atom stereocenters. The number of hydrogen-bond donors (Lipinski definition) is 0. The maximum Gasteiger partial charge on any atom is 0.261 e. The van der Waals surface area contributed by atoms with E-state index in [-0.39, 0.29) is 4.90 Å². The Morgan fingerprint density at radius 2 is 1.67 bits per heavy atom. The number of sulfone groups is 1. The van der Waals surface area contributed by atoms with Crippen molar-refractivity contribution < 1.29 is 21.2 Å². The molecule has 0 bridgehead atoms. The van der Waals surface area contributed by atoms with E-state index in [0.717, 1.165) is 18.2 Å². The van der Waals surface area contributed by atoms with Gasteiger partial charge in [-0.3, -0.25) is 0 Å². The van der Waals surface area contributed by atoms with Crippen LogP contribution in [0.3, 0.4) is 0 Å². The Balaban J connectivity index is 3.39. The lowest BCUT2D eigenvalue weighted by atomic mass is 10.4. The summed E-state index contributed by atoms with van der Waals surface area (Å²) < 4.78 is 56.0. The quantitative estimate of drug-likeness (QED) is 0.778. The molecule has 0 spiro atoms. The van der Waals surface area contributed by atoms with Gasteiger partial charge in [0, 0.05) is 10.7 Å². The monoisotopic (exact) mass is 272 g/mol. The average Bonchev–Trinajstić information content (AvgIpc) is 2.17. The number of halogens is 2. The zero-order valence-corrected chi connectivity index (χ0v) is 9.61. The Bertz CT molecular complexity index is 564. The Labute approximate surface area is 91.0 Å². The van der Waals surface area contributed by atoms with E-state index in [2.05, 4.69) is 0 Å². The van der Waals surface area contributed by atoms with Gasteiger partial charge in [0.25, 0.3) is 9.05 Å². The van der Waals surface area contributed by atoms with Crippen LogP contribution in [0.4, 0.5) is 4.39 Å². The smallest absolute Gasteiger partial charge is 0.233 e. The Hall–Kier alpha value is -0.660. The summed E-state index contributed by atoms with van der Waals surface area (Å²) in [5, 5.41) is 0. The SMILES string of the molecule is O=S(=O)(Cl)c1cccc(S(=O)(=O)CF)c1. The van der Waals surface area contributed by atoms with Crippen molar-refractivity contribution in [3.8, 4) is 0 Å². The van der Waals surface area contributed by atoms with Crippen molar-refractivity contribution >= 4 is 29.6 Å². The second-order valence-electron chi connectivity index (χ2n) is 2.64. The summed E-state index contributed by atoms with van der Waals surface area (Å²) in [4.78, 5) is -0.787. The fraction of sp³-hybridized carbons (Fsp3) is 0.143. The van der Waals surface area contributed by atoms with Gasteiger partial charge in [-0.1, -0.05) is 6.07 Å². The van der Waals surface area contributed by atoms with E-state index in [0.29, 0.717) is 0 Å². The Morgan fingerprint density at radius 1 is 1.13 bits per heavy atom. The molecule has 0 radical (unpaired) electrons. The van der Waals surface area contributed by atoms with Crippen molar-refractivity contribution in [2.24, 2.45) is 0 Å². The lowest BCUT2D eigenvalue weighted by Crippen LogP contribution is -2.03. The lowest BCUT2D eigenvalue weighted by molar-refractivity contribution is 0.534. The van der Waals surface area contributed by atoms with Crippen LogP contribution in [0, 0.1) is 0 Å². The molecule has 0 aliphatic carbocycles. The molecule has 0 amide bonds. The van der Waals surface area contributed by atoms with Crippen LogP contribution in [0.25, 0.3) is 0 Å². The standard InChI is InChI=1S/C7H6ClFO4S2/c8-15(12,13)7-3-1-2-6(4-7)14(10,11)5-9/h1-4H,5H2. The Morgan fingerprint density at radius 3 is 2.13 bits per heavy atom. The molecule has 0 N–H and O–H groups in total. The van der Waals surface area contributed by atoms with Crippen LogP contribution in [-0.4, -0.2) is 22.8 Å². The van der Waals surface area contributed by atoms with Crippen molar-refractivity contribution in [2.45, 2.75) is 9.79 Å². The zero-order valence-electron chi connectivity index (χ0n) is 7.22. The minimum atomic E-state index is -4.07. The highest BCUT2D eigenvalue weighted by Crippen LogP contribution is 2.19. The van der Waals surface area contributed by atoms with Gasteiger partial charge >= 0.3 is 0 Å².